The van der Waals surface area contributed by atoms with E-state index in [0.29, 0.717) is 32.5 Å². The molecular weight excluding hydrogens is 309 g/mol. The third kappa shape index (κ3) is 2.95. The van der Waals surface area contributed by atoms with Gasteiger partial charge in [-0.05, 0) is 25.5 Å². The topological polar surface area (TPSA) is 71.5 Å². The molecule has 1 aromatic heterocycles. The fourth-order valence-electron chi connectivity index (χ4n) is 3.13. The molecule has 2 aliphatic rings. The number of sulfonamides is 1. The van der Waals surface area contributed by atoms with Gasteiger partial charge in [0.2, 0.25) is 10.0 Å². The Morgan fingerprint density at radius 2 is 2.41 bits per heavy atom. The lowest BCUT2D eigenvalue weighted by atomic mass is 9.97. The summed E-state index contributed by atoms with van der Waals surface area (Å²) in [5.74, 6) is -0.0848. The van der Waals surface area contributed by atoms with Crippen molar-refractivity contribution in [2.75, 3.05) is 30.8 Å². The SMILES string of the molecule is CCS(=O)(=O)N1CCC2(CC(Nc3ncccc3F)CO2)C1. The molecule has 2 unspecified atom stereocenters. The van der Waals surface area contributed by atoms with Gasteiger partial charge in [-0.25, -0.2) is 17.8 Å². The molecular formula is C14H20FN3O3S. The predicted molar refractivity (Wildman–Crippen MR) is 80.6 cm³/mol. The van der Waals surface area contributed by atoms with Gasteiger partial charge >= 0.3 is 0 Å². The number of aromatic nitrogens is 1. The molecule has 1 aromatic rings. The van der Waals surface area contributed by atoms with Crippen LogP contribution in [0.4, 0.5) is 10.2 Å². The quantitative estimate of drug-likeness (QED) is 0.899. The van der Waals surface area contributed by atoms with Crippen LogP contribution >= 0.6 is 0 Å². The first-order chi connectivity index (χ1) is 10.4. The average molecular weight is 329 g/mol. The summed E-state index contributed by atoms with van der Waals surface area (Å²) in [6, 6.07) is 2.83. The zero-order valence-corrected chi connectivity index (χ0v) is 13.3. The van der Waals surface area contributed by atoms with Crippen LogP contribution in [0, 0.1) is 5.82 Å². The Labute approximate surface area is 129 Å². The van der Waals surface area contributed by atoms with E-state index in [2.05, 4.69) is 10.3 Å². The molecule has 2 aliphatic heterocycles. The van der Waals surface area contributed by atoms with Gasteiger partial charge in [0, 0.05) is 25.7 Å². The molecule has 0 aromatic carbocycles. The van der Waals surface area contributed by atoms with Crippen LogP contribution in [-0.2, 0) is 14.8 Å². The lowest BCUT2D eigenvalue weighted by molar-refractivity contribution is 0.0173. The molecule has 22 heavy (non-hydrogen) atoms. The summed E-state index contributed by atoms with van der Waals surface area (Å²) in [4.78, 5) is 3.98. The molecule has 0 saturated carbocycles. The molecule has 8 heteroatoms. The first-order valence-corrected chi connectivity index (χ1v) is 9.04. The van der Waals surface area contributed by atoms with Crippen LogP contribution in [0.3, 0.4) is 0 Å². The molecule has 2 saturated heterocycles. The number of hydrogen-bond donors (Lipinski definition) is 1. The fourth-order valence-corrected chi connectivity index (χ4v) is 4.30. The molecule has 0 radical (unpaired) electrons. The Balaban J connectivity index is 1.65. The molecule has 2 fully saturated rings. The van der Waals surface area contributed by atoms with E-state index in [4.69, 9.17) is 4.74 Å². The molecule has 122 valence electrons. The van der Waals surface area contributed by atoms with Gasteiger partial charge in [-0.2, -0.15) is 4.31 Å². The van der Waals surface area contributed by atoms with Crippen molar-refractivity contribution in [1.29, 1.82) is 0 Å². The van der Waals surface area contributed by atoms with Crippen molar-refractivity contribution in [2.45, 2.75) is 31.4 Å². The maximum atomic E-state index is 13.6. The Hall–Kier alpha value is -1.25. The van der Waals surface area contributed by atoms with E-state index in [0.717, 1.165) is 0 Å². The second kappa shape index (κ2) is 5.75. The number of rotatable bonds is 4. The number of halogens is 1. The molecule has 3 heterocycles. The highest BCUT2D eigenvalue weighted by atomic mass is 32.2. The number of ether oxygens (including phenoxy) is 1. The maximum absolute atomic E-state index is 13.6. The third-order valence-electron chi connectivity index (χ3n) is 4.35. The number of hydrogen-bond acceptors (Lipinski definition) is 5. The third-order valence-corrected chi connectivity index (χ3v) is 6.18. The number of pyridine rings is 1. The Bertz CT molecular complexity index is 654. The van der Waals surface area contributed by atoms with Crippen LogP contribution in [0.5, 0.6) is 0 Å². The van der Waals surface area contributed by atoms with Crippen molar-refractivity contribution in [3.05, 3.63) is 24.1 Å². The summed E-state index contributed by atoms with van der Waals surface area (Å²) in [6.07, 6.45) is 2.86. The van der Waals surface area contributed by atoms with Gasteiger partial charge in [-0.3, -0.25) is 0 Å². The van der Waals surface area contributed by atoms with E-state index in [1.165, 1.54) is 22.6 Å². The summed E-state index contributed by atoms with van der Waals surface area (Å²) in [5, 5.41) is 3.05. The summed E-state index contributed by atoms with van der Waals surface area (Å²) in [7, 11) is -3.18. The van der Waals surface area contributed by atoms with Gasteiger partial charge in [-0.1, -0.05) is 0 Å². The molecule has 1 spiro atoms. The van der Waals surface area contributed by atoms with E-state index < -0.39 is 21.4 Å². The van der Waals surface area contributed by atoms with E-state index in [-0.39, 0.29) is 17.6 Å². The van der Waals surface area contributed by atoms with Crippen LogP contribution in [0.25, 0.3) is 0 Å². The molecule has 6 nitrogen and oxygen atoms in total. The minimum absolute atomic E-state index is 0.0614. The molecule has 3 rings (SSSR count). The summed E-state index contributed by atoms with van der Waals surface area (Å²) >= 11 is 0. The van der Waals surface area contributed by atoms with Gasteiger partial charge in [0.05, 0.1) is 24.0 Å². The normalized spacial score (nSPS) is 29.3. The number of nitrogens with one attached hydrogen (secondary N) is 1. The summed E-state index contributed by atoms with van der Waals surface area (Å²) in [5.41, 5.74) is -0.453. The molecule has 0 bridgehead atoms. The van der Waals surface area contributed by atoms with Gasteiger partial charge < -0.3 is 10.1 Å². The largest absolute Gasteiger partial charge is 0.371 e. The fraction of sp³-hybridized carbons (Fsp3) is 0.643. The molecule has 0 amide bonds. The standard InChI is InChI=1S/C14H20FN3O3S/c1-2-22(19,20)18-7-5-14(10-18)8-11(9-21-14)17-13-12(15)4-3-6-16-13/h3-4,6,11H,2,5,7-10H2,1H3,(H,16,17). The summed E-state index contributed by atoms with van der Waals surface area (Å²) in [6.45, 7) is 2.94. The number of anilines is 1. The zero-order valence-electron chi connectivity index (χ0n) is 12.5. The van der Waals surface area contributed by atoms with Crippen molar-refractivity contribution in [3.8, 4) is 0 Å². The van der Waals surface area contributed by atoms with Gasteiger partial charge in [0.15, 0.2) is 11.6 Å². The highest BCUT2D eigenvalue weighted by Gasteiger charge is 2.48. The Kier molecular flexibility index (Phi) is 4.09. The lowest BCUT2D eigenvalue weighted by Gasteiger charge is -2.23. The van der Waals surface area contributed by atoms with Crippen molar-refractivity contribution in [2.24, 2.45) is 0 Å². The van der Waals surface area contributed by atoms with Gasteiger partial charge in [0.25, 0.3) is 0 Å². The van der Waals surface area contributed by atoms with Crippen LogP contribution in [-0.4, -0.2) is 54.8 Å². The van der Waals surface area contributed by atoms with Gasteiger partial charge in [-0.15, -0.1) is 0 Å². The first-order valence-electron chi connectivity index (χ1n) is 7.43. The van der Waals surface area contributed by atoms with Crippen LogP contribution in [0.2, 0.25) is 0 Å². The highest BCUT2D eigenvalue weighted by molar-refractivity contribution is 7.89. The van der Waals surface area contributed by atoms with Crippen molar-refractivity contribution in [1.82, 2.24) is 9.29 Å². The lowest BCUT2D eigenvalue weighted by Crippen LogP contribution is -2.37. The van der Waals surface area contributed by atoms with Crippen LogP contribution in [0.1, 0.15) is 19.8 Å². The van der Waals surface area contributed by atoms with Crippen LogP contribution < -0.4 is 5.32 Å². The Morgan fingerprint density at radius 3 is 3.14 bits per heavy atom. The predicted octanol–water partition coefficient (Wildman–Crippen LogP) is 1.22. The van der Waals surface area contributed by atoms with Gasteiger partial charge in [0.1, 0.15) is 0 Å². The summed E-state index contributed by atoms with van der Waals surface area (Å²) < 4.78 is 44.9. The molecule has 1 N–H and O–H groups in total. The van der Waals surface area contributed by atoms with Crippen molar-refractivity contribution < 1.29 is 17.5 Å². The Morgan fingerprint density at radius 1 is 1.59 bits per heavy atom. The average Bonchev–Trinajstić information content (AvgIpc) is 3.10. The van der Waals surface area contributed by atoms with E-state index in [1.807, 2.05) is 0 Å². The monoisotopic (exact) mass is 329 g/mol. The maximum Gasteiger partial charge on any atom is 0.213 e. The smallest absolute Gasteiger partial charge is 0.213 e. The van der Waals surface area contributed by atoms with E-state index in [1.54, 1.807) is 6.92 Å². The molecule has 0 aliphatic carbocycles. The number of nitrogens with zero attached hydrogens (tertiary/aromatic N) is 2. The highest BCUT2D eigenvalue weighted by Crippen LogP contribution is 2.37. The van der Waals surface area contributed by atoms with Crippen LogP contribution in [0.15, 0.2) is 18.3 Å². The van der Waals surface area contributed by atoms with Crippen molar-refractivity contribution >= 4 is 15.8 Å². The van der Waals surface area contributed by atoms with E-state index >= 15 is 0 Å². The second-order valence-corrected chi connectivity index (χ2v) is 8.11. The minimum atomic E-state index is -3.18. The molecule has 2 atom stereocenters. The van der Waals surface area contributed by atoms with E-state index in [9.17, 15) is 12.8 Å². The first kappa shape index (κ1) is 15.6. The van der Waals surface area contributed by atoms with Crippen molar-refractivity contribution in [3.63, 3.8) is 0 Å². The zero-order chi connectivity index (χ0) is 15.8. The minimum Gasteiger partial charge on any atom is -0.371 e. The second-order valence-electron chi connectivity index (χ2n) is 5.86.